The fourth-order valence-electron chi connectivity index (χ4n) is 2.87. The van der Waals surface area contributed by atoms with Gasteiger partial charge in [-0.15, -0.1) is 0 Å². The van der Waals surface area contributed by atoms with Gasteiger partial charge in [-0.25, -0.2) is 0 Å². The normalized spacial score (nSPS) is 37.2. The maximum Gasteiger partial charge on any atom is 0.312 e. The van der Waals surface area contributed by atoms with Gasteiger partial charge < -0.3 is 14.6 Å². The molecule has 2 bridgehead atoms. The number of fused-ring (bicyclic) bond motifs is 2. The van der Waals surface area contributed by atoms with Crippen molar-refractivity contribution in [2.75, 3.05) is 6.61 Å². The first-order valence-corrected chi connectivity index (χ1v) is 6.05. The Morgan fingerprint density at radius 2 is 2.31 bits per heavy atom. The van der Waals surface area contributed by atoms with Crippen LogP contribution in [0.3, 0.4) is 0 Å². The second-order valence-corrected chi connectivity index (χ2v) is 5.16. The van der Waals surface area contributed by atoms with Crippen LogP contribution in [0.4, 0.5) is 0 Å². The number of hydrogen-bond acceptors (Lipinski definition) is 3. The van der Waals surface area contributed by atoms with Crippen molar-refractivity contribution in [3.8, 4) is 0 Å². The molecule has 0 aromatic heterocycles. The van der Waals surface area contributed by atoms with Gasteiger partial charge in [-0.05, 0) is 39.5 Å². The highest BCUT2D eigenvalue weighted by molar-refractivity contribution is 5.76. The minimum atomic E-state index is -0.716. The second kappa shape index (κ2) is 4.34. The molecule has 4 heteroatoms. The molecule has 2 rings (SSSR count). The van der Waals surface area contributed by atoms with E-state index in [2.05, 4.69) is 0 Å². The van der Waals surface area contributed by atoms with Crippen LogP contribution in [0.5, 0.6) is 0 Å². The average molecular weight is 228 g/mol. The molecule has 2 saturated heterocycles. The van der Waals surface area contributed by atoms with Gasteiger partial charge in [-0.3, -0.25) is 4.79 Å². The van der Waals surface area contributed by atoms with Gasteiger partial charge in [0.15, 0.2) is 0 Å². The molecule has 2 fully saturated rings. The highest BCUT2D eigenvalue weighted by Crippen LogP contribution is 2.50. The zero-order chi connectivity index (χ0) is 11.8. The number of ether oxygens (including phenoxy) is 2. The van der Waals surface area contributed by atoms with Gasteiger partial charge in [0.1, 0.15) is 0 Å². The maximum atomic E-state index is 11.5. The van der Waals surface area contributed by atoms with Crippen molar-refractivity contribution in [2.24, 2.45) is 5.41 Å². The van der Waals surface area contributed by atoms with Crippen molar-refractivity contribution in [3.05, 3.63) is 0 Å². The Morgan fingerprint density at radius 1 is 1.56 bits per heavy atom. The lowest BCUT2D eigenvalue weighted by Gasteiger charge is -2.31. The third-order valence-corrected chi connectivity index (χ3v) is 3.74. The summed E-state index contributed by atoms with van der Waals surface area (Å²) < 4.78 is 11.1. The molecule has 3 unspecified atom stereocenters. The molecule has 92 valence electrons. The zero-order valence-corrected chi connectivity index (χ0v) is 9.94. The number of hydrogen-bond donors (Lipinski definition) is 1. The number of aliphatic carboxylic acids is 1. The van der Waals surface area contributed by atoms with Crippen molar-refractivity contribution in [1.82, 2.24) is 0 Å². The summed E-state index contributed by atoms with van der Waals surface area (Å²) in [5.74, 6) is -0.716. The number of carboxylic acids is 1. The van der Waals surface area contributed by atoms with E-state index in [0.717, 1.165) is 12.8 Å². The molecule has 0 radical (unpaired) electrons. The van der Waals surface area contributed by atoms with Gasteiger partial charge in [0.25, 0.3) is 0 Å². The quantitative estimate of drug-likeness (QED) is 0.780. The first kappa shape index (κ1) is 11.9. The topological polar surface area (TPSA) is 55.8 Å². The van der Waals surface area contributed by atoms with Crippen LogP contribution in [-0.4, -0.2) is 36.0 Å². The molecule has 0 aliphatic carbocycles. The summed E-state index contributed by atoms with van der Waals surface area (Å²) in [6, 6.07) is 0. The summed E-state index contributed by atoms with van der Waals surface area (Å²) in [6.45, 7) is 4.44. The lowest BCUT2D eigenvalue weighted by molar-refractivity contribution is -0.154. The smallest absolute Gasteiger partial charge is 0.312 e. The van der Waals surface area contributed by atoms with Crippen LogP contribution < -0.4 is 0 Å². The molecule has 4 nitrogen and oxygen atoms in total. The largest absolute Gasteiger partial charge is 0.481 e. The summed E-state index contributed by atoms with van der Waals surface area (Å²) in [7, 11) is 0. The van der Waals surface area contributed by atoms with Gasteiger partial charge in [0.05, 0.1) is 23.7 Å². The Kier molecular flexibility index (Phi) is 3.22. The van der Waals surface area contributed by atoms with Gasteiger partial charge >= 0.3 is 5.97 Å². The van der Waals surface area contributed by atoms with Crippen molar-refractivity contribution in [3.63, 3.8) is 0 Å². The fraction of sp³-hybridized carbons (Fsp3) is 0.917. The average Bonchev–Trinajstić information content (AvgIpc) is 2.76. The van der Waals surface area contributed by atoms with E-state index < -0.39 is 11.4 Å². The molecular formula is C12H20O4. The molecule has 16 heavy (non-hydrogen) atoms. The number of rotatable bonds is 5. The van der Waals surface area contributed by atoms with Crippen molar-refractivity contribution < 1.29 is 19.4 Å². The summed E-state index contributed by atoms with van der Waals surface area (Å²) >= 11 is 0. The number of carbonyl (C=O) groups is 1. The zero-order valence-electron chi connectivity index (χ0n) is 9.94. The lowest BCUT2D eigenvalue weighted by atomic mass is 9.72. The molecular weight excluding hydrogens is 208 g/mol. The van der Waals surface area contributed by atoms with Crippen LogP contribution in [0, 0.1) is 5.41 Å². The maximum absolute atomic E-state index is 11.5. The molecule has 0 aromatic rings. The van der Waals surface area contributed by atoms with E-state index >= 15 is 0 Å². The van der Waals surface area contributed by atoms with E-state index in [1.54, 1.807) is 0 Å². The van der Waals surface area contributed by atoms with Crippen molar-refractivity contribution in [1.29, 1.82) is 0 Å². The Bertz CT molecular complexity index is 276. The Hall–Kier alpha value is -0.610. The molecule has 2 aliphatic heterocycles. The monoisotopic (exact) mass is 228 g/mol. The minimum absolute atomic E-state index is 0.0919. The van der Waals surface area contributed by atoms with Crippen molar-refractivity contribution >= 4 is 5.97 Å². The summed E-state index contributed by atoms with van der Waals surface area (Å²) in [4.78, 5) is 11.5. The van der Waals surface area contributed by atoms with Gasteiger partial charge in [0.2, 0.25) is 0 Å². The Labute approximate surface area is 95.9 Å². The summed E-state index contributed by atoms with van der Waals surface area (Å²) in [6.07, 6.45) is 3.37. The third-order valence-electron chi connectivity index (χ3n) is 3.74. The van der Waals surface area contributed by atoms with E-state index in [-0.39, 0.29) is 18.3 Å². The van der Waals surface area contributed by atoms with Crippen LogP contribution in [0.2, 0.25) is 0 Å². The number of carboxylic acid groups (broad SMARTS) is 1. The van der Waals surface area contributed by atoms with Crippen molar-refractivity contribution in [2.45, 2.75) is 57.8 Å². The van der Waals surface area contributed by atoms with E-state index in [0.29, 0.717) is 19.4 Å². The van der Waals surface area contributed by atoms with Crippen LogP contribution in [0.1, 0.15) is 39.5 Å². The molecule has 1 N–H and O–H groups in total. The van der Waals surface area contributed by atoms with Gasteiger partial charge in [-0.2, -0.15) is 0 Å². The van der Waals surface area contributed by atoms with Crippen LogP contribution in [-0.2, 0) is 14.3 Å². The summed E-state index contributed by atoms with van der Waals surface area (Å²) in [5, 5.41) is 9.42. The van der Waals surface area contributed by atoms with E-state index in [4.69, 9.17) is 9.47 Å². The lowest BCUT2D eigenvalue weighted by Crippen LogP contribution is -2.41. The van der Waals surface area contributed by atoms with E-state index in [9.17, 15) is 9.90 Å². The van der Waals surface area contributed by atoms with Gasteiger partial charge in [-0.1, -0.05) is 0 Å². The minimum Gasteiger partial charge on any atom is -0.481 e. The first-order valence-electron chi connectivity index (χ1n) is 6.05. The molecule has 0 amide bonds. The SMILES string of the molecule is CC(C)OCCC1(C(=O)O)CC2CCC1O2. The summed E-state index contributed by atoms with van der Waals surface area (Å²) in [5.41, 5.74) is -0.683. The van der Waals surface area contributed by atoms with E-state index in [1.165, 1.54) is 0 Å². The molecule has 2 aliphatic rings. The highest BCUT2D eigenvalue weighted by Gasteiger charge is 2.56. The first-order chi connectivity index (χ1) is 7.54. The van der Waals surface area contributed by atoms with Crippen LogP contribution in [0.25, 0.3) is 0 Å². The predicted octanol–water partition coefficient (Wildman–Crippen LogP) is 1.82. The molecule has 3 atom stereocenters. The fourth-order valence-corrected chi connectivity index (χ4v) is 2.87. The van der Waals surface area contributed by atoms with Crippen LogP contribution in [0.15, 0.2) is 0 Å². The Morgan fingerprint density at radius 3 is 2.75 bits per heavy atom. The third kappa shape index (κ3) is 1.96. The molecule has 0 spiro atoms. The molecule has 0 saturated carbocycles. The van der Waals surface area contributed by atoms with Gasteiger partial charge in [0, 0.05) is 6.61 Å². The highest BCUT2D eigenvalue weighted by atomic mass is 16.5. The molecule has 2 heterocycles. The second-order valence-electron chi connectivity index (χ2n) is 5.16. The van der Waals surface area contributed by atoms with Crippen LogP contribution >= 0.6 is 0 Å². The predicted molar refractivity (Wildman–Crippen MR) is 58.3 cm³/mol. The Balaban J connectivity index is 1.98. The van der Waals surface area contributed by atoms with E-state index in [1.807, 2.05) is 13.8 Å². The molecule has 0 aromatic carbocycles. The standard InChI is InChI=1S/C12H20O4/c1-8(2)15-6-5-12(11(13)14)7-9-3-4-10(12)16-9/h8-10H,3-7H2,1-2H3,(H,13,14).